The van der Waals surface area contributed by atoms with Crippen molar-refractivity contribution < 1.29 is 14.6 Å². The van der Waals surface area contributed by atoms with Crippen molar-refractivity contribution in [1.29, 1.82) is 0 Å². The van der Waals surface area contributed by atoms with Crippen molar-refractivity contribution >= 4 is 23.5 Å². The number of thioether (sulfide) groups is 2. The van der Waals surface area contributed by atoms with Crippen LogP contribution in [0.4, 0.5) is 0 Å². The second-order valence-corrected chi connectivity index (χ2v) is 8.68. The Hall–Kier alpha value is -1.50. The van der Waals surface area contributed by atoms with Crippen molar-refractivity contribution in [2.75, 3.05) is 18.6 Å². The molecule has 0 fully saturated rings. The van der Waals surface area contributed by atoms with Crippen molar-refractivity contribution in [3.8, 4) is 17.2 Å². The monoisotopic (exact) mass is 391 g/mol. The predicted octanol–water partition coefficient (Wildman–Crippen LogP) is 4.60. The maximum absolute atomic E-state index is 10.2. The minimum atomic E-state index is -0.288. The zero-order valence-corrected chi connectivity index (χ0v) is 16.7. The van der Waals surface area contributed by atoms with Crippen LogP contribution in [0.15, 0.2) is 52.3 Å². The van der Waals surface area contributed by atoms with Crippen molar-refractivity contribution in [2.45, 2.75) is 29.4 Å². The molecule has 3 atom stereocenters. The molecule has 1 aliphatic heterocycles. The Morgan fingerprint density at radius 3 is 2.92 bits per heavy atom. The molecule has 4 nitrogen and oxygen atoms in total. The van der Waals surface area contributed by atoms with Crippen LogP contribution in [-0.2, 0) is 0 Å². The molecule has 140 valence electrons. The molecule has 3 unspecified atom stereocenters. The number of hydrogen-bond donors (Lipinski definition) is 2. The number of ether oxygens (including phenoxy) is 2. The van der Waals surface area contributed by atoms with Gasteiger partial charge in [-0.1, -0.05) is 25.1 Å². The Morgan fingerprint density at radius 2 is 2.12 bits per heavy atom. The SMILES string of the molecule is COc1cccc(SCC(C)CC2CSc3ccccc3OC2N)c1O. The fraction of sp³-hybridized carbons (Fsp3) is 0.400. The number of phenols is 1. The van der Waals surface area contributed by atoms with Gasteiger partial charge in [0, 0.05) is 22.3 Å². The minimum absolute atomic E-state index is 0.215. The van der Waals surface area contributed by atoms with Gasteiger partial charge >= 0.3 is 0 Å². The Morgan fingerprint density at radius 1 is 1.31 bits per heavy atom. The predicted molar refractivity (Wildman–Crippen MR) is 108 cm³/mol. The molecule has 2 aromatic carbocycles. The van der Waals surface area contributed by atoms with Crippen molar-refractivity contribution in [1.82, 2.24) is 0 Å². The van der Waals surface area contributed by atoms with E-state index in [0.29, 0.717) is 17.6 Å². The largest absolute Gasteiger partial charge is 0.503 e. The zero-order chi connectivity index (χ0) is 18.5. The van der Waals surface area contributed by atoms with Gasteiger partial charge in [-0.15, -0.1) is 23.5 Å². The van der Waals surface area contributed by atoms with Crippen molar-refractivity contribution in [3.05, 3.63) is 42.5 Å². The van der Waals surface area contributed by atoms with E-state index in [0.717, 1.165) is 33.5 Å². The molecule has 0 spiro atoms. The maximum Gasteiger partial charge on any atom is 0.171 e. The second-order valence-electron chi connectivity index (χ2n) is 6.56. The summed E-state index contributed by atoms with van der Waals surface area (Å²) in [6.07, 6.45) is 0.698. The average Bonchev–Trinajstić information content (AvgIpc) is 2.80. The fourth-order valence-electron chi connectivity index (χ4n) is 3.00. The Labute approximate surface area is 163 Å². The van der Waals surface area contributed by atoms with Gasteiger partial charge < -0.3 is 14.6 Å². The van der Waals surface area contributed by atoms with Crippen LogP contribution in [0.3, 0.4) is 0 Å². The van der Waals surface area contributed by atoms with Crippen LogP contribution >= 0.6 is 23.5 Å². The van der Waals surface area contributed by atoms with Gasteiger partial charge in [0.1, 0.15) is 5.75 Å². The molecule has 0 aliphatic carbocycles. The summed E-state index contributed by atoms with van der Waals surface area (Å²) in [5.41, 5.74) is 6.31. The molecule has 0 saturated carbocycles. The summed E-state index contributed by atoms with van der Waals surface area (Å²) in [4.78, 5) is 2.01. The van der Waals surface area contributed by atoms with Crippen molar-refractivity contribution in [2.24, 2.45) is 17.6 Å². The van der Waals surface area contributed by atoms with E-state index in [1.165, 1.54) is 0 Å². The highest BCUT2D eigenvalue weighted by Crippen LogP contribution is 2.39. The van der Waals surface area contributed by atoms with Gasteiger partial charge in [0.15, 0.2) is 17.7 Å². The first kappa shape index (κ1) is 19.3. The Kier molecular flexibility index (Phi) is 6.62. The molecule has 1 aliphatic rings. The topological polar surface area (TPSA) is 64.7 Å². The first-order valence-electron chi connectivity index (χ1n) is 8.71. The van der Waals surface area contributed by atoms with Crippen LogP contribution < -0.4 is 15.2 Å². The molecule has 3 rings (SSSR count). The lowest BCUT2D eigenvalue weighted by atomic mass is 9.97. The second kappa shape index (κ2) is 8.93. The van der Waals surface area contributed by atoms with E-state index < -0.39 is 0 Å². The minimum Gasteiger partial charge on any atom is -0.503 e. The van der Waals surface area contributed by atoms with Gasteiger partial charge in [0.2, 0.25) is 0 Å². The van der Waals surface area contributed by atoms with Crippen LogP contribution in [-0.4, -0.2) is 29.9 Å². The number of benzene rings is 2. The van der Waals surface area contributed by atoms with Gasteiger partial charge in [-0.3, -0.25) is 5.73 Å². The molecule has 0 radical (unpaired) electrons. The molecule has 6 heteroatoms. The number of para-hydroxylation sites is 2. The summed E-state index contributed by atoms with van der Waals surface area (Å²) >= 11 is 3.47. The third kappa shape index (κ3) is 4.61. The van der Waals surface area contributed by atoms with Gasteiger partial charge in [0.05, 0.1) is 12.0 Å². The van der Waals surface area contributed by atoms with E-state index in [1.54, 1.807) is 24.9 Å². The van der Waals surface area contributed by atoms with Crippen LogP contribution in [0.5, 0.6) is 17.2 Å². The molecule has 26 heavy (non-hydrogen) atoms. The third-order valence-corrected chi connectivity index (χ3v) is 7.06. The first-order chi connectivity index (χ1) is 12.6. The van der Waals surface area contributed by atoms with E-state index in [2.05, 4.69) is 13.0 Å². The van der Waals surface area contributed by atoms with E-state index in [1.807, 2.05) is 42.1 Å². The molecule has 2 aromatic rings. The standard InChI is InChI=1S/C20H25NO3S2/c1-13(11-25-18-9-5-7-16(23-2)19(18)22)10-14-12-26-17-8-4-3-6-15(17)24-20(14)21/h3-9,13-14,20,22H,10-12,21H2,1-2H3. The summed E-state index contributed by atoms with van der Waals surface area (Å²) in [7, 11) is 1.56. The quantitative estimate of drug-likeness (QED) is 0.702. The molecule has 0 aromatic heterocycles. The summed E-state index contributed by atoms with van der Waals surface area (Å²) in [5, 5.41) is 10.2. The van der Waals surface area contributed by atoms with Crippen LogP contribution in [0, 0.1) is 11.8 Å². The van der Waals surface area contributed by atoms with Gasteiger partial charge in [-0.2, -0.15) is 0 Å². The van der Waals surface area contributed by atoms with E-state index >= 15 is 0 Å². The molecule has 0 saturated heterocycles. The fourth-order valence-corrected chi connectivity index (χ4v) is 5.17. The van der Waals surface area contributed by atoms with Gasteiger partial charge in [-0.05, 0) is 36.6 Å². The van der Waals surface area contributed by atoms with Crippen LogP contribution in [0.2, 0.25) is 0 Å². The summed E-state index contributed by atoms with van der Waals surface area (Å²) in [6.45, 7) is 2.22. The zero-order valence-electron chi connectivity index (χ0n) is 15.1. The normalized spacial score (nSPS) is 20.6. The number of rotatable bonds is 6. The highest BCUT2D eigenvalue weighted by atomic mass is 32.2. The summed E-state index contributed by atoms with van der Waals surface area (Å²) in [6, 6.07) is 13.7. The highest BCUT2D eigenvalue weighted by molar-refractivity contribution is 7.99. The maximum atomic E-state index is 10.2. The molecular formula is C20H25NO3S2. The van der Waals surface area contributed by atoms with Crippen LogP contribution in [0.25, 0.3) is 0 Å². The Balaban J connectivity index is 1.56. The lowest BCUT2D eigenvalue weighted by Crippen LogP contribution is -2.37. The third-order valence-electron chi connectivity index (χ3n) is 4.44. The molecule has 1 heterocycles. The molecule has 0 bridgehead atoms. The lowest BCUT2D eigenvalue weighted by molar-refractivity contribution is 0.138. The smallest absolute Gasteiger partial charge is 0.171 e. The number of phenolic OH excluding ortho intramolecular Hbond substituents is 1. The molecular weight excluding hydrogens is 366 g/mol. The highest BCUT2D eigenvalue weighted by Gasteiger charge is 2.26. The number of aromatic hydroxyl groups is 1. The van der Waals surface area contributed by atoms with E-state index in [4.69, 9.17) is 15.2 Å². The number of methoxy groups -OCH3 is 1. The number of hydrogen-bond acceptors (Lipinski definition) is 6. The summed E-state index contributed by atoms with van der Waals surface area (Å²) < 4.78 is 11.1. The average molecular weight is 392 g/mol. The van der Waals surface area contributed by atoms with Gasteiger partial charge in [0.25, 0.3) is 0 Å². The van der Waals surface area contributed by atoms with Gasteiger partial charge in [-0.25, -0.2) is 0 Å². The molecule has 3 N–H and O–H groups in total. The van der Waals surface area contributed by atoms with Crippen molar-refractivity contribution in [3.63, 3.8) is 0 Å². The number of fused-ring (bicyclic) bond motifs is 1. The first-order valence-corrected chi connectivity index (χ1v) is 10.7. The number of nitrogens with two attached hydrogens (primary N) is 1. The summed E-state index contributed by atoms with van der Waals surface area (Å²) in [5.74, 6) is 4.22. The van der Waals surface area contributed by atoms with E-state index in [9.17, 15) is 5.11 Å². The van der Waals surface area contributed by atoms with Crippen LogP contribution in [0.1, 0.15) is 13.3 Å². The Bertz CT molecular complexity index is 741. The lowest BCUT2D eigenvalue weighted by Gasteiger charge is -2.24. The van der Waals surface area contributed by atoms with E-state index in [-0.39, 0.29) is 12.0 Å². The molecule has 0 amide bonds.